The lowest BCUT2D eigenvalue weighted by atomic mass is 9.66. The molecule has 0 radical (unpaired) electrons. The van der Waals surface area contributed by atoms with Crippen molar-refractivity contribution in [3.05, 3.63) is 49.6 Å². The number of hydrogen-bond acceptors (Lipinski definition) is 6. The summed E-state index contributed by atoms with van der Waals surface area (Å²) in [7, 11) is 0. The molecule has 0 aromatic heterocycles. The maximum atomic E-state index is 15.0. The molecule has 0 saturated carbocycles. The van der Waals surface area contributed by atoms with Crippen LogP contribution in [0.2, 0.25) is 0 Å². The number of hydrogen-bond donors (Lipinski definition) is 1. The average molecular weight is 623 g/mol. The van der Waals surface area contributed by atoms with Crippen molar-refractivity contribution < 1.29 is 24.2 Å². The normalized spacial score (nSPS) is 28.0. The highest BCUT2D eigenvalue weighted by Crippen LogP contribution is 2.64. The molecule has 4 rings (SSSR count). The molecule has 3 heterocycles. The zero-order chi connectivity index (χ0) is 33.1. The van der Waals surface area contributed by atoms with Crippen LogP contribution in [0.3, 0.4) is 0 Å². The van der Waals surface area contributed by atoms with Gasteiger partial charge in [-0.3, -0.25) is 14.4 Å². The Balaban J connectivity index is 1.84. The number of anilines is 2. The molecule has 2 unspecified atom stereocenters. The third-order valence-corrected chi connectivity index (χ3v) is 10.6. The molecule has 7 atom stereocenters. The van der Waals surface area contributed by atoms with Crippen molar-refractivity contribution in [2.75, 3.05) is 49.1 Å². The number of nitrogens with zero attached hydrogens (tertiary/aromatic N) is 4. The van der Waals surface area contributed by atoms with Crippen LogP contribution in [-0.4, -0.2) is 95.2 Å². The van der Waals surface area contributed by atoms with Crippen molar-refractivity contribution in [2.45, 2.75) is 90.5 Å². The second-order valence-corrected chi connectivity index (χ2v) is 13.1. The van der Waals surface area contributed by atoms with E-state index in [-0.39, 0.29) is 36.8 Å². The minimum Gasteiger partial charge on any atom is -0.394 e. The number of ether oxygens (including phenoxy) is 1. The van der Waals surface area contributed by atoms with Crippen molar-refractivity contribution in [3.63, 3.8) is 0 Å². The number of likely N-dealkylation sites (tertiary alicyclic amines) is 1. The van der Waals surface area contributed by atoms with Gasteiger partial charge in [-0.2, -0.15) is 0 Å². The molecule has 3 aliphatic rings. The van der Waals surface area contributed by atoms with Gasteiger partial charge in [-0.1, -0.05) is 39.3 Å². The van der Waals surface area contributed by atoms with E-state index in [0.717, 1.165) is 25.2 Å². The Morgan fingerprint density at radius 2 is 1.67 bits per heavy atom. The first-order chi connectivity index (χ1) is 21.5. The first-order valence-electron chi connectivity index (χ1n) is 16.8. The van der Waals surface area contributed by atoms with Gasteiger partial charge in [0.1, 0.15) is 11.6 Å². The van der Waals surface area contributed by atoms with Crippen molar-refractivity contribution >= 4 is 29.1 Å². The van der Waals surface area contributed by atoms with Gasteiger partial charge < -0.3 is 29.4 Å². The predicted octanol–water partition coefficient (Wildman–Crippen LogP) is 4.65. The maximum absolute atomic E-state index is 15.0. The highest BCUT2D eigenvalue weighted by atomic mass is 16.5. The second kappa shape index (κ2) is 14.1. The van der Waals surface area contributed by atoms with Crippen LogP contribution in [0, 0.1) is 17.8 Å². The fourth-order valence-corrected chi connectivity index (χ4v) is 8.14. The fourth-order valence-electron chi connectivity index (χ4n) is 8.14. The highest BCUT2D eigenvalue weighted by Gasteiger charge is 2.79. The van der Waals surface area contributed by atoms with E-state index in [0.29, 0.717) is 38.0 Å². The lowest BCUT2D eigenvalue weighted by Crippen LogP contribution is -2.60. The third kappa shape index (κ3) is 5.82. The molecule has 2 bridgehead atoms. The molecule has 3 fully saturated rings. The number of aliphatic hydroxyl groups excluding tert-OH is 1. The Labute approximate surface area is 269 Å². The first kappa shape index (κ1) is 34.7. The standard InChI is InChI=1S/C36H54N4O5/c1-9-21-38(22-10-2)32(42)29-30-33(43)40(28(24-41)25(7)12-4)31(36(30)20-19-35(29,8)45-36)34(44)39(23-11-3)27-17-15-26(16-18-27)37(13-5)14-6/h9,11,15-18,25,28-31,41H,1,3,10,12-14,19-24H2,2,4-8H3/t25-,28-,29-,30-,31?,35+,36?/m0/s1. The van der Waals surface area contributed by atoms with E-state index in [1.165, 1.54) is 0 Å². The third-order valence-electron chi connectivity index (χ3n) is 10.6. The summed E-state index contributed by atoms with van der Waals surface area (Å²) in [5.74, 6) is -2.33. The Bertz CT molecular complexity index is 1250. The molecular formula is C36H54N4O5. The Hall–Kier alpha value is -3.17. The van der Waals surface area contributed by atoms with Gasteiger partial charge >= 0.3 is 0 Å². The molecule has 3 amide bonds. The van der Waals surface area contributed by atoms with Crippen molar-refractivity contribution in [2.24, 2.45) is 17.8 Å². The zero-order valence-electron chi connectivity index (χ0n) is 28.2. The monoisotopic (exact) mass is 622 g/mol. The van der Waals surface area contributed by atoms with Gasteiger partial charge in [0.05, 0.1) is 30.1 Å². The van der Waals surface area contributed by atoms with E-state index < -0.39 is 35.1 Å². The summed E-state index contributed by atoms with van der Waals surface area (Å²) in [4.78, 5) is 51.3. The molecule has 9 nitrogen and oxygen atoms in total. The molecule has 0 aliphatic carbocycles. The van der Waals surface area contributed by atoms with Gasteiger partial charge in [-0.05, 0) is 70.2 Å². The van der Waals surface area contributed by atoms with Gasteiger partial charge in [0, 0.05) is 44.1 Å². The molecule has 248 valence electrons. The average Bonchev–Trinajstić information content (AvgIpc) is 3.61. The van der Waals surface area contributed by atoms with Crippen molar-refractivity contribution in [3.8, 4) is 0 Å². The molecule has 1 spiro atoms. The maximum Gasteiger partial charge on any atom is 0.253 e. The number of carbonyl (C=O) groups is 3. The van der Waals surface area contributed by atoms with Gasteiger partial charge in [0.25, 0.3) is 5.91 Å². The van der Waals surface area contributed by atoms with Crippen molar-refractivity contribution in [1.29, 1.82) is 0 Å². The molecular weight excluding hydrogens is 568 g/mol. The second-order valence-electron chi connectivity index (χ2n) is 13.1. The van der Waals surface area contributed by atoms with Crippen LogP contribution in [0.5, 0.6) is 0 Å². The molecule has 1 aromatic carbocycles. The lowest BCUT2D eigenvalue weighted by molar-refractivity contribution is -0.153. The van der Waals surface area contributed by atoms with E-state index in [1.807, 2.05) is 52.0 Å². The van der Waals surface area contributed by atoms with Gasteiger partial charge in [-0.25, -0.2) is 0 Å². The summed E-state index contributed by atoms with van der Waals surface area (Å²) in [6, 6.07) is 6.29. The lowest BCUT2D eigenvalue weighted by Gasteiger charge is -2.41. The van der Waals surface area contributed by atoms with E-state index in [1.54, 1.807) is 26.9 Å². The summed E-state index contributed by atoms with van der Waals surface area (Å²) >= 11 is 0. The summed E-state index contributed by atoms with van der Waals surface area (Å²) in [6.07, 6.45) is 5.91. The van der Waals surface area contributed by atoms with Crippen LogP contribution in [-0.2, 0) is 19.1 Å². The molecule has 3 aliphatic heterocycles. The van der Waals surface area contributed by atoms with E-state index in [4.69, 9.17) is 4.74 Å². The predicted molar refractivity (Wildman–Crippen MR) is 179 cm³/mol. The number of rotatable bonds is 16. The van der Waals surface area contributed by atoms with E-state index >= 15 is 4.79 Å². The summed E-state index contributed by atoms with van der Waals surface area (Å²) < 4.78 is 6.90. The largest absolute Gasteiger partial charge is 0.394 e. The number of carbonyl (C=O) groups excluding carboxylic acids is 3. The smallest absolute Gasteiger partial charge is 0.253 e. The zero-order valence-corrected chi connectivity index (χ0v) is 28.2. The van der Waals surface area contributed by atoms with Gasteiger partial charge in [0.15, 0.2) is 0 Å². The van der Waals surface area contributed by atoms with Gasteiger partial charge in [-0.15, -0.1) is 13.2 Å². The number of benzene rings is 1. The van der Waals surface area contributed by atoms with Crippen LogP contribution in [0.25, 0.3) is 0 Å². The molecule has 9 heteroatoms. The minimum atomic E-state index is -1.18. The molecule has 1 N–H and O–H groups in total. The Morgan fingerprint density at radius 1 is 1.04 bits per heavy atom. The topological polar surface area (TPSA) is 93.6 Å². The van der Waals surface area contributed by atoms with Gasteiger partial charge in [0.2, 0.25) is 11.8 Å². The van der Waals surface area contributed by atoms with Crippen LogP contribution in [0.4, 0.5) is 11.4 Å². The highest BCUT2D eigenvalue weighted by molar-refractivity contribution is 6.05. The number of amides is 3. The van der Waals surface area contributed by atoms with Crippen LogP contribution in [0.1, 0.15) is 67.2 Å². The van der Waals surface area contributed by atoms with E-state index in [2.05, 4.69) is 31.9 Å². The first-order valence-corrected chi connectivity index (χ1v) is 16.8. The summed E-state index contributed by atoms with van der Waals surface area (Å²) in [6.45, 7) is 22.5. The van der Waals surface area contributed by atoms with Crippen LogP contribution >= 0.6 is 0 Å². The Morgan fingerprint density at radius 3 is 2.20 bits per heavy atom. The van der Waals surface area contributed by atoms with Crippen LogP contribution in [0.15, 0.2) is 49.6 Å². The number of fused-ring (bicyclic) bond motifs is 1. The van der Waals surface area contributed by atoms with Crippen molar-refractivity contribution in [1.82, 2.24) is 9.80 Å². The quantitative estimate of drug-likeness (QED) is 0.270. The molecule has 3 saturated heterocycles. The van der Waals surface area contributed by atoms with Crippen LogP contribution < -0.4 is 9.80 Å². The summed E-state index contributed by atoms with van der Waals surface area (Å²) in [5.41, 5.74) is -0.309. The Kier molecular flexibility index (Phi) is 10.9. The molecule has 45 heavy (non-hydrogen) atoms. The van der Waals surface area contributed by atoms with E-state index in [9.17, 15) is 14.7 Å². The fraction of sp³-hybridized carbons (Fsp3) is 0.639. The number of aliphatic hydroxyl groups is 1. The minimum absolute atomic E-state index is 0.0787. The molecule has 1 aromatic rings. The summed E-state index contributed by atoms with van der Waals surface area (Å²) in [5, 5.41) is 10.7. The SMILES string of the molecule is C=CCN(CCC)C(=O)[C@@H]1[C@H]2C(=O)N([C@@H](CO)[C@@H](C)CC)C(C(=O)N(CC=C)c3ccc(N(CC)CC)cc3)C23CC[C@@]1(C)O3.